The first-order valence-electron chi connectivity index (χ1n) is 6.26. The highest BCUT2D eigenvalue weighted by molar-refractivity contribution is 5.91. The largest absolute Gasteiger partial charge is 0.543 e. The van der Waals surface area contributed by atoms with Crippen LogP contribution in [0.3, 0.4) is 0 Å². The molecule has 1 heterocycles. The summed E-state index contributed by atoms with van der Waals surface area (Å²) in [6.07, 6.45) is 0. The van der Waals surface area contributed by atoms with E-state index in [1.165, 1.54) is 0 Å². The van der Waals surface area contributed by atoms with Gasteiger partial charge in [0, 0.05) is 11.6 Å². The van der Waals surface area contributed by atoms with Crippen molar-refractivity contribution in [1.29, 1.82) is 0 Å². The maximum absolute atomic E-state index is 14.0. The molecule has 1 aromatic heterocycles. The van der Waals surface area contributed by atoms with Gasteiger partial charge in [-0.05, 0) is 12.1 Å². The van der Waals surface area contributed by atoms with E-state index in [0.29, 0.717) is 11.6 Å². The van der Waals surface area contributed by atoms with Gasteiger partial charge in [0.05, 0.1) is 5.97 Å². The Morgan fingerprint density at radius 1 is 1.09 bits per heavy atom. The molecule has 0 amide bonds. The van der Waals surface area contributed by atoms with Crippen molar-refractivity contribution in [1.82, 2.24) is 15.0 Å². The van der Waals surface area contributed by atoms with E-state index < -0.39 is 23.3 Å². The number of carboxylic acids is 1. The smallest absolute Gasteiger partial charge is 0.151 e. The summed E-state index contributed by atoms with van der Waals surface area (Å²) in [5.41, 5.74) is -0.00305. The molecule has 0 fully saturated rings. The first-order valence-corrected chi connectivity index (χ1v) is 6.26. The van der Waals surface area contributed by atoms with Crippen LogP contribution in [0.5, 0.6) is 0 Å². The third-order valence-corrected chi connectivity index (χ3v) is 3.05. The van der Waals surface area contributed by atoms with Crippen LogP contribution in [0.1, 0.15) is 10.5 Å². The molecular weight excluding hydrogens is 292 g/mol. The van der Waals surface area contributed by atoms with E-state index in [2.05, 4.69) is 10.3 Å². The van der Waals surface area contributed by atoms with Gasteiger partial charge in [-0.2, -0.15) is 0 Å². The summed E-state index contributed by atoms with van der Waals surface area (Å²) in [5.74, 6) is -3.16. The molecule has 3 rings (SSSR count). The van der Waals surface area contributed by atoms with Crippen LogP contribution >= 0.6 is 0 Å². The van der Waals surface area contributed by atoms with Crippen LogP contribution < -0.4 is 5.11 Å². The predicted molar refractivity (Wildman–Crippen MR) is 71.0 cm³/mol. The van der Waals surface area contributed by atoms with Crippen LogP contribution in [0, 0.1) is 11.6 Å². The number of rotatable bonds is 3. The van der Waals surface area contributed by atoms with Crippen LogP contribution in [0.4, 0.5) is 8.78 Å². The van der Waals surface area contributed by atoms with Crippen LogP contribution in [0.25, 0.3) is 16.9 Å². The van der Waals surface area contributed by atoms with E-state index in [1.54, 1.807) is 30.3 Å². The van der Waals surface area contributed by atoms with Gasteiger partial charge < -0.3 is 9.90 Å². The van der Waals surface area contributed by atoms with Crippen molar-refractivity contribution in [2.75, 3.05) is 0 Å². The summed E-state index contributed by atoms with van der Waals surface area (Å²) in [7, 11) is 0. The zero-order valence-electron chi connectivity index (χ0n) is 11.0. The monoisotopic (exact) mass is 300 g/mol. The molecule has 0 atom stereocenters. The number of aromatic carboxylic acids is 1. The highest BCUT2D eigenvalue weighted by Gasteiger charge is 2.19. The first kappa shape index (κ1) is 13.9. The van der Waals surface area contributed by atoms with Gasteiger partial charge >= 0.3 is 0 Å². The molecule has 5 nitrogen and oxygen atoms in total. The molecule has 0 spiro atoms. The lowest BCUT2D eigenvalue weighted by Crippen LogP contribution is -2.23. The number of hydrogen-bond donors (Lipinski definition) is 0. The molecule has 0 N–H and O–H groups in total. The number of benzene rings is 2. The molecule has 0 saturated carbocycles. The van der Waals surface area contributed by atoms with Gasteiger partial charge in [-0.25, -0.2) is 13.5 Å². The van der Waals surface area contributed by atoms with Crippen molar-refractivity contribution in [2.45, 2.75) is 0 Å². The molecule has 0 radical (unpaired) electrons. The summed E-state index contributed by atoms with van der Waals surface area (Å²) in [4.78, 5) is 11.2. The Morgan fingerprint density at radius 2 is 1.82 bits per heavy atom. The van der Waals surface area contributed by atoms with E-state index in [-0.39, 0.29) is 11.4 Å². The van der Waals surface area contributed by atoms with Crippen LogP contribution in [0.2, 0.25) is 0 Å². The number of halogens is 2. The van der Waals surface area contributed by atoms with E-state index in [9.17, 15) is 18.7 Å². The molecule has 0 aliphatic rings. The van der Waals surface area contributed by atoms with Crippen molar-refractivity contribution in [3.05, 3.63) is 65.9 Å². The summed E-state index contributed by atoms with van der Waals surface area (Å²) in [6.45, 7) is 0. The lowest BCUT2D eigenvalue weighted by Gasteiger charge is -2.09. The molecular formula is C15H8F2N3O2-. The van der Waals surface area contributed by atoms with Crippen molar-refractivity contribution in [3.63, 3.8) is 0 Å². The third-order valence-electron chi connectivity index (χ3n) is 3.05. The molecule has 0 aliphatic carbocycles. The fourth-order valence-corrected chi connectivity index (χ4v) is 2.10. The predicted octanol–water partition coefficient (Wildman–Crippen LogP) is 1.58. The van der Waals surface area contributed by atoms with Crippen molar-refractivity contribution in [3.8, 4) is 16.9 Å². The number of carbonyl (C=O) groups excluding carboxylic acids is 1. The van der Waals surface area contributed by atoms with Gasteiger partial charge in [-0.1, -0.05) is 35.5 Å². The minimum Gasteiger partial charge on any atom is -0.543 e. The van der Waals surface area contributed by atoms with Crippen LogP contribution in [-0.4, -0.2) is 21.0 Å². The first-order chi connectivity index (χ1) is 10.6. The maximum Gasteiger partial charge on any atom is 0.151 e. The lowest BCUT2D eigenvalue weighted by molar-refractivity contribution is -0.255. The fourth-order valence-electron chi connectivity index (χ4n) is 2.10. The Hall–Kier alpha value is -3.09. The number of hydrogen-bond acceptors (Lipinski definition) is 4. The van der Waals surface area contributed by atoms with E-state index >= 15 is 0 Å². The minimum absolute atomic E-state index is 0.0612. The second kappa shape index (κ2) is 5.36. The Labute approximate surface area is 123 Å². The minimum atomic E-state index is -1.53. The topological polar surface area (TPSA) is 70.8 Å². The summed E-state index contributed by atoms with van der Waals surface area (Å²) in [5, 5.41) is 18.4. The zero-order valence-corrected chi connectivity index (χ0v) is 11.0. The third kappa shape index (κ3) is 2.32. The molecule has 110 valence electrons. The molecule has 3 aromatic rings. The van der Waals surface area contributed by atoms with Crippen LogP contribution in [-0.2, 0) is 0 Å². The maximum atomic E-state index is 14.0. The Balaban J connectivity index is 2.27. The average Bonchev–Trinajstić information content (AvgIpc) is 2.93. The van der Waals surface area contributed by atoms with Crippen molar-refractivity contribution < 1.29 is 18.7 Å². The molecule has 0 aliphatic heterocycles. The SMILES string of the molecule is O=C([O-])c1nnn(-c2ccc(F)cc2F)c1-c1ccccc1. The molecule has 7 heteroatoms. The number of nitrogens with zero attached hydrogens (tertiary/aromatic N) is 3. The van der Waals surface area contributed by atoms with E-state index in [1.807, 2.05) is 0 Å². The second-order valence-electron chi connectivity index (χ2n) is 4.45. The Kier molecular flexibility index (Phi) is 3.38. The van der Waals surface area contributed by atoms with Gasteiger partial charge in [0.1, 0.15) is 22.9 Å². The highest BCUT2D eigenvalue weighted by Crippen LogP contribution is 2.26. The quantitative estimate of drug-likeness (QED) is 0.736. The zero-order chi connectivity index (χ0) is 15.7. The van der Waals surface area contributed by atoms with Gasteiger partial charge in [-0.3, -0.25) is 0 Å². The molecule has 0 unspecified atom stereocenters. The summed E-state index contributed by atoms with van der Waals surface area (Å²) >= 11 is 0. The van der Waals surface area contributed by atoms with Crippen LogP contribution in [0.15, 0.2) is 48.5 Å². The number of carbonyl (C=O) groups is 1. The van der Waals surface area contributed by atoms with Crippen molar-refractivity contribution >= 4 is 5.97 Å². The van der Waals surface area contributed by atoms with E-state index in [4.69, 9.17) is 0 Å². The molecule has 2 aromatic carbocycles. The highest BCUT2D eigenvalue weighted by atomic mass is 19.1. The van der Waals surface area contributed by atoms with Crippen molar-refractivity contribution in [2.24, 2.45) is 0 Å². The normalized spacial score (nSPS) is 10.6. The lowest BCUT2D eigenvalue weighted by atomic mass is 10.1. The number of aromatic nitrogens is 3. The second-order valence-corrected chi connectivity index (χ2v) is 4.45. The number of carboxylic acid groups (broad SMARTS) is 1. The Morgan fingerprint density at radius 3 is 2.45 bits per heavy atom. The van der Waals surface area contributed by atoms with Gasteiger partial charge in [-0.15, -0.1) is 5.10 Å². The van der Waals surface area contributed by atoms with E-state index in [0.717, 1.165) is 16.8 Å². The molecule has 0 bridgehead atoms. The average molecular weight is 300 g/mol. The Bertz CT molecular complexity index is 847. The summed E-state index contributed by atoms with van der Waals surface area (Å²) < 4.78 is 28.0. The summed E-state index contributed by atoms with van der Waals surface area (Å²) in [6, 6.07) is 11.3. The molecule has 22 heavy (non-hydrogen) atoms. The standard InChI is InChI=1S/C15H9F2N3O2/c16-10-6-7-12(11(17)8-10)20-14(9-4-2-1-3-5-9)13(15(21)22)18-19-20/h1-8H,(H,21,22)/p-1. The van der Waals surface area contributed by atoms with Gasteiger partial charge in [0.2, 0.25) is 0 Å². The van der Waals surface area contributed by atoms with Gasteiger partial charge in [0.15, 0.2) is 5.82 Å². The molecule has 0 saturated heterocycles. The fraction of sp³-hybridized carbons (Fsp3) is 0. The van der Waals surface area contributed by atoms with Gasteiger partial charge in [0.25, 0.3) is 0 Å².